The Kier molecular flexibility index (Phi) is 6.72. The first-order valence-electron chi connectivity index (χ1n) is 7.02. The number of nitro groups is 2. The van der Waals surface area contributed by atoms with Crippen LogP contribution in [0.4, 0.5) is 17.1 Å². The smallest absolute Gasteiger partial charge is 0.302 e. The Bertz CT molecular complexity index is 657. The van der Waals surface area contributed by atoms with Gasteiger partial charge in [0.25, 0.3) is 5.69 Å². The van der Waals surface area contributed by atoms with Crippen molar-refractivity contribution in [3.63, 3.8) is 0 Å². The van der Waals surface area contributed by atoms with Crippen molar-refractivity contribution < 1.29 is 9.85 Å². The fraction of sp³-hybridized carbons (Fsp3) is 0.500. The molecular formula is C14H17ClN4O4. The Morgan fingerprint density at radius 2 is 2.04 bits per heavy atom. The van der Waals surface area contributed by atoms with Crippen molar-refractivity contribution in [3.05, 3.63) is 37.4 Å². The Morgan fingerprint density at radius 3 is 2.48 bits per heavy atom. The van der Waals surface area contributed by atoms with Crippen molar-refractivity contribution in [2.75, 3.05) is 11.2 Å². The number of nitrogens with one attached hydrogen (secondary N) is 1. The van der Waals surface area contributed by atoms with E-state index in [4.69, 9.17) is 16.9 Å². The molecule has 1 unspecified atom stereocenters. The normalized spacial score (nSPS) is 11.6. The summed E-state index contributed by atoms with van der Waals surface area (Å²) < 4.78 is 0. The van der Waals surface area contributed by atoms with E-state index in [-0.39, 0.29) is 35.0 Å². The summed E-state index contributed by atoms with van der Waals surface area (Å²) in [4.78, 5) is 21.4. The molecule has 0 aromatic heterocycles. The van der Waals surface area contributed by atoms with Gasteiger partial charge in [-0.25, -0.2) is 0 Å². The molecular weight excluding hydrogens is 324 g/mol. The lowest BCUT2D eigenvalue weighted by atomic mass is 10.0. The van der Waals surface area contributed by atoms with Crippen LogP contribution in [0.2, 0.25) is 0 Å². The van der Waals surface area contributed by atoms with E-state index >= 15 is 0 Å². The van der Waals surface area contributed by atoms with E-state index in [0.29, 0.717) is 18.7 Å². The molecule has 23 heavy (non-hydrogen) atoms. The highest BCUT2D eigenvalue weighted by Crippen LogP contribution is 2.40. The highest BCUT2D eigenvalue weighted by atomic mass is 35.5. The van der Waals surface area contributed by atoms with Gasteiger partial charge in [0.1, 0.15) is 0 Å². The van der Waals surface area contributed by atoms with Gasteiger partial charge in [-0.05, 0) is 25.3 Å². The minimum atomic E-state index is -0.678. The zero-order valence-electron chi connectivity index (χ0n) is 12.8. The van der Waals surface area contributed by atoms with Crippen molar-refractivity contribution in [2.45, 2.75) is 39.2 Å². The second kappa shape index (κ2) is 8.29. The molecule has 0 aliphatic carbocycles. The van der Waals surface area contributed by atoms with Crippen molar-refractivity contribution >= 4 is 28.7 Å². The fourth-order valence-corrected chi connectivity index (χ4v) is 2.57. The number of nitrogens with zero attached hydrogens (tertiary/aromatic N) is 3. The maximum absolute atomic E-state index is 11.4. The number of hydrogen-bond acceptors (Lipinski definition) is 6. The summed E-state index contributed by atoms with van der Waals surface area (Å²) in [6, 6.07) is 2.87. The van der Waals surface area contributed by atoms with Crippen molar-refractivity contribution in [1.29, 1.82) is 5.26 Å². The largest absolute Gasteiger partial charge is 0.371 e. The Labute approximate surface area is 138 Å². The summed E-state index contributed by atoms with van der Waals surface area (Å²) >= 11 is 5.70. The topological polar surface area (TPSA) is 122 Å². The standard InChI is InChI=1S/C14H17ClN4O4/c1-3-11(4-6-15)17-13-12(18(20)21)8-10(5-7-16)9(2)14(13)19(22)23/h8,11,17H,3-6H2,1-2H3. The molecule has 9 heteroatoms. The van der Waals surface area contributed by atoms with Gasteiger partial charge in [-0.3, -0.25) is 20.2 Å². The number of rotatable bonds is 8. The second-order valence-electron chi connectivity index (χ2n) is 4.98. The van der Waals surface area contributed by atoms with Crippen LogP contribution >= 0.6 is 11.6 Å². The maximum atomic E-state index is 11.4. The summed E-state index contributed by atoms with van der Waals surface area (Å²) in [6.07, 6.45) is 0.998. The number of benzene rings is 1. The average Bonchev–Trinajstić information content (AvgIpc) is 2.48. The van der Waals surface area contributed by atoms with E-state index in [1.807, 2.05) is 13.0 Å². The molecule has 124 valence electrons. The minimum Gasteiger partial charge on any atom is -0.371 e. The molecule has 0 spiro atoms. The predicted molar refractivity (Wildman–Crippen MR) is 86.8 cm³/mol. The molecule has 0 amide bonds. The molecule has 0 saturated heterocycles. The molecule has 0 aliphatic heterocycles. The molecule has 0 heterocycles. The number of anilines is 1. The van der Waals surface area contributed by atoms with Gasteiger partial charge in [0.2, 0.25) is 0 Å². The van der Waals surface area contributed by atoms with Gasteiger partial charge < -0.3 is 5.32 Å². The van der Waals surface area contributed by atoms with Crippen molar-refractivity contribution in [1.82, 2.24) is 0 Å². The van der Waals surface area contributed by atoms with Crippen LogP contribution in [-0.2, 0) is 6.42 Å². The lowest BCUT2D eigenvalue weighted by Gasteiger charge is -2.18. The molecule has 1 aromatic carbocycles. The molecule has 0 saturated carbocycles. The summed E-state index contributed by atoms with van der Waals surface area (Å²) in [5.74, 6) is 0.332. The third kappa shape index (κ3) is 4.29. The minimum absolute atomic E-state index is 0.129. The van der Waals surface area contributed by atoms with Gasteiger partial charge >= 0.3 is 5.69 Å². The van der Waals surface area contributed by atoms with Crippen molar-refractivity contribution in [2.24, 2.45) is 0 Å². The first-order chi connectivity index (χ1) is 10.9. The van der Waals surface area contributed by atoms with Gasteiger partial charge in [0.05, 0.1) is 22.3 Å². The molecule has 0 aliphatic rings. The van der Waals surface area contributed by atoms with Crippen LogP contribution in [-0.4, -0.2) is 21.8 Å². The first-order valence-corrected chi connectivity index (χ1v) is 7.55. The fourth-order valence-electron chi connectivity index (χ4n) is 2.30. The molecule has 0 radical (unpaired) electrons. The highest BCUT2D eigenvalue weighted by molar-refractivity contribution is 6.17. The number of halogens is 1. The predicted octanol–water partition coefficient (Wildman–Crippen LogP) is 3.70. The van der Waals surface area contributed by atoms with Crippen LogP contribution in [0, 0.1) is 38.5 Å². The number of nitriles is 1. The number of hydrogen-bond donors (Lipinski definition) is 1. The third-order valence-electron chi connectivity index (χ3n) is 3.59. The maximum Gasteiger partial charge on any atom is 0.302 e. The van der Waals surface area contributed by atoms with E-state index in [0.717, 1.165) is 0 Å². The van der Waals surface area contributed by atoms with Gasteiger partial charge in [0.15, 0.2) is 5.69 Å². The summed E-state index contributed by atoms with van der Waals surface area (Å²) in [5.41, 5.74) is -0.360. The van der Waals surface area contributed by atoms with E-state index < -0.39 is 15.5 Å². The molecule has 1 N–H and O–H groups in total. The van der Waals surface area contributed by atoms with Gasteiger partial charge in [-0.1, -0.05) is 6.92 Å². The Balaban J connectivity index is 3.57. The summed E-state index contributed by atoms with van der Waals surface area (Å²) in [7, 11) is 0. The highest BCUT2D eigenvalue weighted by Gasteiger charge is 2.31. The zero-order valence-corrected chi connectivity index (χ0v) is 13.6. The van der Waals surface area contributed by atoms with Crippen LogP contribution in [0.25, 0.3) is 0 Å². The molecule has 1 rings (SSSR count). The van der Waals surface area contributed by atoms with Gasteiger partial charge in [0, 0.05) is 23.6 Å². The lowest BCUT2D eigenvalue weighted by molar-refractivity contribution is -0.392. The monoisotopic (exact) mass is 340 g/mol. The Hall–Kier alpha value is -2.40. The first kappa shape index (κ1) is 18.6. The molecule has 1 aromatic rings. The van der Waals surface area contributed by atoms with Crippen LogP contribution in [0.1, 0.15) is 30.9 Å². The third-order valence-corrected chi connectivity index (χ3v) is 3.81. The molecule has 0 fully saturated rings. The van der Waals surface area contributed by atoms with E-state index in [9.17, 15) is 20.2 Å². The SMILES string of the molecule is CCC(CCCl)Nc1c([N+](=O)[O-])cc(CC#N)c(C)c1[N+](=O)[O-]. The van der Waals surface area contributed by atoms with Gasteiger partial charge in [-0.2, -0.15) is 5.26 Å². The average molecular weight is 341 g/mol. The molecule has 0 bridgehead atoms. The van der Waals surface area contributed by atoms with Crippen LogP contribution in [0.15, 0.2) is 6.07 Å². The summed E-state index contributed by atoms with van der Waals surface area (Å²) in [6.45, 7) is 3.35. The van der Waals surface area contributed by atoms with E-state index in [1.54, 1.807) is 0 Å². The van der Waals surface area contributed by atoms with E-state index in [2.05, 4.69) is 5.32 Å². The summed E-state index contributed by atoms with van der Waals surface area (Å²) in [5, 5.41) is 34.5. The van der Waals surface area contributed by atoms with Crippen LogP contribution in [0.5, 0.6) is 0 Å². The van der Waals surface area contributed by atoms with Crippen LogP contribution < -0.4 is 5.32 Å². The van der Waals surface area contributed by atoms with E-state index in [1.165, 1.54) is 13.0 Å². The molecule has 1 atom stereocenters. The van der Waals surface area contributed by atoms with Crippen LogP contribution in [0.3, 0.4) is 0 Å². The Morgan fingerprint density at radius 1 is 1.39 bits per heavy atom. The second-order valence-corrected chi connectivity index (χ2v) is 5.36. The number of alkyl halides is 1. The zero-order chi connectivity index (χ0) is 17.6. The van der Waals surface area contributed by atoms with Gasteiger partial charge in [-0.15, -0.1) is 11.6 Å². The van der Waals surface area contributed by atoms with Crippen molar-refractivity contribution in [3.8, 4) is 6.07 Å². The number of nitro benzene ring substituents is 2. The lowest BCUT2D eigenvalue weighted by Crippen LogP contribution is -2.21. The quantitative estimate of drug-likeness (QED) is 0.437. The molecule has 8 nitrogen and oxygen atoms in total.